The average molecular weight is 351 g/mol. The number of halogens is 3. The molecule has 0 aliphatic heterocycles. The third-order valence-electron chi connectivity index (χ3n) is 2.53. The zero-order valence-corrected chi connectivity index (χ0v) is 12.6. The van der Waals surface area contributed by atoms with Crippen LogP contribution in [0.5, 0.6) is 5.75 Å². The van der Waals surface area contributed by atoms with Gasteiger partial charge in [0.15, 0.2) is 0 Å². The lowest BCUT2D eigenvalue weighted by Gasteiger charge is -2.16. The molecule has 0 radical (unpaired) electrons. The lowest BCUT2D eigenvalue weighted by Crippen LogP contribution is -2.12. The van der Waals surface area contributed by atoms with Crippen LogP contribution >= 0.6 is 38.9 Å². The Bertz CT molecular complexity index is 575. The summed E-state index contributed by atoms with van der Waals surface area (Å²) in [4.78, 5) is 0.827. The first-order valence-electron chi connectivity index (χ1n) is 5.06. The van der Waals surface area contributed by atoms with Crippen molar-refractivity contribution in [1.29, 1.82) is 0 Å². The summed E-state index contributed by atoms with van der Waals surface area (Å²) in [5.41, 5.74) is 6.85. The van der Waals surface area contributed by atoms with Crippen LogP contribution in [-0.2, 0) is 0 Å². The maximum absolute atomic E-state index is 13.4. The van der Waals surface area contributed by atoms with E-state index >= 15 is 0 Å². The molecule has 0 spiro atoms. The molecule has 0 fully saturated rings. The molecule has 0 amide bonds. The van der Waals surface area contributed by atoms with Crippen LogP contribution in [0.2, 0.25) is 5.02 Å². The van der Waals surface area contributed by atoms with Gasteiger partial charge in [0.2, 0.25) is 0 Å². The highest BCUT2D eigenvalue weighted by molar-refractivity contribution is 9.10. The van der Waals surface area contributed by atoms with E-state index in [0.29, 0.717) is 20.8 Å². The Balaban J connectivity index is 2.50. The maximum Gasteiger partial charge on any atom is 0.141 e. The highest BCUT2D eigenvalue weighted by Crippen LogP contribution is 2.37. The van der Waals surface area contributed by atoms with E-state index < -0.39 is 6.04 Å². The first-order chi connectivity index (χ1) is 8.54. The third-order valence-corrected chi connectivity index (χ3v) is 4.58. The predicted molar refractivity (Wildman–Crippen MR) is 76.0 cm³/mol. The van der Waals surface area contributed by atoms with E-state index in [4.69, 9.17) is 22.1 Å². The smallest absolute Gasteiger partial charge is 0.141 e. The molecule has 6 heteroatoms. The van der Waals surface area contributed by atoms with Gasteiger partial charge in [-0.3, -0.25) is 0 Å². The molecule has 18 heavy (non-hydrogen) atoms. The fourth-order valence-electron chi connectivity index (χ4n) is 1.63. The predicted octanol–water partition coefficient (Wildman–Crippen LogP) is 4.36. The number of ether oxygens (including phenoxy) is 1. The molecule has 1 aromatic heterocycles. The largest absolute Gasteiger partial charge is 0.496 e. The number of nitrogens with two attached hydrogens (primary N) is 1. The summed E-state index contributed by atoms with van der Waals surface area (Å²) in [5, 5.41) is 2.47. The van der Waals surface area contributed by atoms with Gasteiger partial charge < -0.3 is 10.5 Å². The Hall–Kier alpha value is -0.620. The second-order valence-corrected chi connectivity index (χ2v) is 5.83. The molecule has 1 heterocycles. The molecule has 2 N–H and O–H groups in total. The van der Waals surface area contributed by atoms with Gasteiger partial charge in [0.25, 0.3) is 0 Å². The molecule has 2 aromatic rings. The van der Waals surface area contributed by atoms with Crippen molar-refractivity contribution >= 4 is 38.9 Å². The quantitative estimate of drug-likeness (QED) is 0.892. The number of hydrogen-bond acceptors (Lipinski definition) is 3. The van der Waals surface area contributed by atoms with Gasteiger partial charge in [0.1, 0.15) is 11.6 Å². The SMILES string of the molecule is COc1cc(F)c(Br)cc1C(N)c1sccc1Cl. The highest BCUT2D eigenvalue weighted by atomic mass is 79.9. The van der Waals surface area contributed by atoms with Gasteiger partial charge in [-0.15, -0.1) is 11.3 Å². The fraction of sp³-hybridized carbons (Fsp3) is 0.167. The summed E-state index contributed by atoms with van der Waals surface area (Å²) < 4.78 is 18.9. The molecule has 0 saturated carbocycles. The minimum atomic E-state index is -0.440. The normalized spacial score (nSPS) is 12.5. The van der Waals surface area contributed by atoms with E-state index in [2.05, 4.69) is 15.9 Å². The Morgan fingerprint density at radius 3 is 2.78 bits per heavy atom. The van der Waals surface area contributed by atoms with Crippen molar-refractivity contribution < 1.29 is 9.13 Å². The molecule has 2 rings (SSSR count). The topological polar surface area (TPSA) is 35.2 Å². The van der Waals surface area contributed by atoms with E-state index in [1.54, 1.807) is 12.1 Å². The van der Waals surface area contributed by atoms with Crippen LogP contribution < -0.4 is 10.5 Å². The number of rotatable bonds is 3. The summed E-state index contributed by atoms with van der Waals surface area (Å²) in [6, 6.07) is 4.27. The monoisotopic (exact) mass is 349 g/mol. The van der Waals surface area contributed by atoms with Crippen LogP contribution in [0, 0.1) is 5.82 Å². The molecule has 1 atom stereocenters. The molecule has 0 bridgehead atoms. The van der Waals surface area contributed by atoms with Crippen LogP contribution in [0.1, 0.15) is 16.5 Å². The first-order valence-corrected chi connectivity index (χ1v) is 7.11. The van der Waals surface area contributed by atoms with Gasteiger partial charge in [-0.2, -0.15) is 0 Å². The zero-order chi connectivity index (χ0) is 13.3. The maximum atomic E-state index is 13.4. The molecule has 0 saturated heterocycles. The van der Waals surface area contributed by atoms with Crippen molar-refractivity contribution in [3.05, 3.63) is 49.3 Å². The molecule has 1 aromatic carbocycles. The molecule has 0 aliphatic rings. The minimum absolute atomic E-state index is 0.349. The van der Waals surface area contributed by atoms with E-state index in [1.807, 2.05) is 5.38 Å². The van der Waals surface area contributed by atoms with Gasteiger partial charge >= 0.3 is 0 Å². The summed E-state index contributed by atoms with van der Waals surface area (Å²) in [6.45, 7) is 0. The van der Waals surface area contributed by atoms with Crippen LogP contribution in [0.3, 0.4) is 0 Å². The van der Waals surface area contributed by atoms with Crippen molar-refractivity contribution in [1.82, 2.24) is 0 Å². The van der Waals surface area contributed by atoms with Crippen LogP contribution in [0.15, 0.2) is 28.1 Å². The summed E-state index contributed by atoms with van der Waals surface area (Å²) in [5.74, 6) is 0.0211. The third kappa shape index (κ3) is 2.54. The molecule has 1 unspecified atom stereocenters. The Morgan fingerprint density at radius 2 is 2.22 bits per heavy atom. The fourth-order valence-corrected chi connectivity index (χ4v) is 3.19. The van der Waals surface area contributed by atoms with Gasteiger partial charge in [0.05, 0.1) is 22.6 Å². The average Bonchev–Trinajstić information content (AvgIpc) is 2.77. The van der Waals surface area contributed by atoms with Gasteiger partial charge in [-0.1, -0.05) is 11.6 Å². The Morgan fingerprint density at radius 1 is 1.50 bits per heavy atom. The lowest BCUT2D eigenvalue weighted by molar-refractivity contribution is 0.404. The second-order valence-electron chi connectivity index (χ2n) is 3.62. The minimum Gasteiger partial charge on any atom is -0.496 e. The summed E-state index contributed by atoms with van der Waals surface area (Å²) in [7, 11) is 1.48. The standard InChI is InChI=1S/C12H10BrClFNOS/c1-17-10-5-9(15)7(13)4-6(10)11(16)12-8(14)2-3-18-12/h2-5,11H,16H2,1H3. The number of hydrogen-bond donors (Lipinski definition) is 1. The molecule has 96 valence electrons. The van der Waals surface area contributed by atoms with E-state index in [9.17, 15) is 4.39 Å². The van der Waals surface area contributed by atoms with Crippen molar-refractivity contribution in [2.75, 3.05) is 7.11 Å². The summed E-state index contributed by atoms with van der Waals surface area (Å²) in [6.07, 6.45) is 0. The summed E-state index contributed by atoms with van der Waals surface area (Å²) >= 11 is 10.7. The van der Waals surface area contributed by atoms with Crippen molar-refractivity contribution in [3.8, 4) is 5.75 Å². The van der Waals surface area contributed by atoms with Gasteiger partial charge in [-0.05, 0) is 33.4 Å². The van der Waals surface area contributed by atoms with Crippen LogP contribution in [0.4, 0.5) is 4.39 Å². The first kappa shape index (κ1) is 13.8. The van der Waals surface area contributed by atoms with Crippen LogP contribution in [0.25, 0.3) is 0 Å². The van der Waals surface area contributed by atoms with E-state index in [0.717, 1.165) is 4.88 Å². The lowest BCUT2D eigenvalue weighted by atomic mass is 10.0. The van der Waals surface area contributed by atoms with Crippen LogP contribution in [-0.4, -0.2) is 7.11 Å². The second kappa shape index (κ2) is 5.57. The van der Waals surface area contributed by atoms with Crippen molar-refractivity contribution in [2.45, 2.75) is 6.04 Å². The molecule has 2 nitrogen and oxygen atoms in total. The van der Waals surface area contributed by atoms with E-state index in [-0.39, 0.29) is 5.82 Å². The molecule has 0 aliphatic carbocycles. The Labute approximate surface area is 122 Å². The molecular weight excluding hydrogens is 341 g/mol. The van der Waals surface area contributed by atoms with Crippen molar-refractivity contribution in [2.24, 2.45) is 5.73 Å². The van der Waals surface area contributed by atoms with Gasteiger partial charge in [0, 0.05) is 16.5 Å². The number of methoxy groups -OCH3 is 1. The van der Waals surface area contributed by atoms with Crippen molar-refractivity contribution in [3.63, 3.8) is 0 Å². The highest BCUT2D eigenvalue weighted by Gasteiger charge is 2.19. The zero-order valence-electron chi connectivity index (χ0n) is 9.41. The van der Waals surface area contributed by atoms with E-state index in [1.165, 1.54) is 24.5 Å². The number of benzene rings is 1. The van der Waals surface area contributed by atoms with Gasteiger partial charge in [-0.25, -0.2) is 4.39 Å². The number of thiophene rings is 1. The Kier molecular flexibility index (Phi) is 4.27. The molecular formula is C12H10BrClFNOS.